The van der Waals surface area contributed by atoms with Crippen LogP contribution >= 0.6 is 27.5 Å². The normalized spacial score (nSPS) is 22.6. The molecule has 1 aliphatic rings. The molecule has 1 aromatic carbocycles. The van der Waals surface area contributed by atoms with Crippen LogP contribution in [-0.4, -0.2) is 45.7 Å². The molecule has 1 fully saturated rings. The van der Waals surface area contributed by atoms with Gasteiger partial charge in [-0.1, -0.05) is 11.6 Å². The van der Waals surface area contributed by atoms with Crippen LogP contribution in [0, 0.1) is 0 Å². The van der Waals surface area contributed by atoms with Crippen molar-refractivity contribution in [3.63, 3.8) is 0 Å². The molecule has 102 valence electrons. The number of amides is 1. The number of aliphatic carboxylic acids is 1. The lowest BCUT2D eigenvalue weighted by atomic mass is 10.1. The zero-order valence-electron chi connectivity index (χ0n) is 9.72. The van der Waals surface area contributed by atoms with Crippen LogP contribution < -0.4 is 0 Å². The van der Waals surface area contributed by atoms with Crippen molar-refractivity contribution in [1.82, 2.24) is 4.90 Å². The molecule has 2 atom stereocenters. The van der Waals surface area contributed by atoms with Gasteiger partial charge < -0.3 is 15.1 Å². The quantitative estimate of drug-likeness (QED) is 0.854. The standard InChI is InChI=1S/C12H11BrClNO4/c13-9-2-1-6(14)3-8(9)11(17)15-5-7(16)4-10(15)12(18)19/h1-3,7,10,16H,4-5H2,(H,18,19)/t7?,10-/m0/s1. The zero-order valence-corrected chi connectivity index (χ0v) is 12.1. The van der Waals surface area contributed by atoms with Crippen molar-refractivity contribution in [1.29, 1.82) is 0 Å². The number of carbonyl (C=O) groups excluding carboxylic acids is 1. The lowest BCUT2D eigenvalue weighted by Gasteiger charge is -2.21. The number of rotatable bonds is 2. The fourth-order valence-electron chi connectivity index (χ4n) is 2.09. The van der Waals surface area contributed by atoms with Crippen LogP contribution in [-0.2, 0) is 4.79 Å². The Morgan fingerprint density at radius 3 is 2.74 bits per heavy atom. The molecule has 0 aromatic heterocycles. The number of halogens is 2. The Balaban J connectivity index is 2.33. The van der Waals surface area contributed by atoms with E-state index in [0.717, 1.165) is 4.90 Å². The first-order valence-corrected chi connectivity index (χ1v) is 6.74. The summed E-state index contributed by atoms with van der Waals surface area (Å²) in [7, 11) is 0. The van der Waals surface area contributed by atoms with Crippen molar-refractivity contribution in [3.8, 4) is 0 Å². The Hall–Kier alpha value is -1.11. The smallest absolute Gasteiger partial charge is 0.326 e. The van der Waals surface area contributed by atoms with Crippen LogP contribution in [0.2, 0.25) is 5.02 Å². The maximum Gasteiger partial charge on any atom is 0.326 e. The van der Waals surface area contributed by atoms with Crippen molar-refractivity contribution >= 4 is 39.4 Å². The van der Waals surface area contributed by atoms with Gasteiger partial charge in [0, 0.05) is 22.5 Å². The molecule has 0 aliphatic carbocycles. The topological polar surface area (TPSA) is 77.8 Å². The van der Waals surface area contributed by atoms with Gasteiger partial charge in [0.1, 0.15) is 6.04 Å². The summed E-state index contributed by atoms with van der Waals surface area (Å²) in [6.07, 6.45) is -0.776. The van der Waals surface area contributed by atoms with Gasteiger partial charge in [0.2, 0.25) is 0 Å². The summed E-state index contributed by atoms with van der Waals surface area (Å²) in [5, 5.41) is 19.0. The molecule has 5 nitrogen and oxygen atoms in total. The highest BCUT2D eigenvalue weighted by Crippen LogP contribution is 2.26. The molecular formula is C12H11BrClNO4. The van der Waals surface area contributed by atoms with Crippen LogP contribution in [0.4, 0.5) is 0 Å². The highest BCUT2D eigenvalue weighted by atomic mass is 79.9. The number of aliphatic hydroxyl groups excluding tert-OH is 1. The Kier molecular flexibility index (Phi) is 4.13. The Bertz CT molecular complexity index is 536. The monoisotopic (exact) mass is 347 g/mol. The van der Waals surface area contributed by atoms with Gasteiger partial charge in [0.15, 0.2) is 0 Å². The minimum absolute atomic E-state index is 0.00868. The number of hydrogen-bond acceptors (Lipinski definition) is 3. The molecule has 1 aliphatic heterocycles. The number of aliphatic hydroxyl groups is 1. The second-order valence-electron chi connectivity index (χ2n) is 4.33. The van der Waals surface area contributed by atoms with E-state index >= 15 is 0 Å². The van der Waals surface area contributed by atoms with Gasteiger partial charge >= 0.3 is 5.97 Å². The van der Waals surface area contributed by atoms with E-state index < -0.39 is 24.0 Å². The Labute approximate surface area is 122 Å². The lowest BCUT2D eigenvalue weighted by molar-refractivity contribution is -0.141. The highest BCUT2D eigenvalue weighted by Gasteiger charge is 2.39. The molecule has 2 rings (SSSR count). The summed E-state index contributed by atoms with van der Waals surface area (Å²) in [5.74, 6) is -1.58. The van der Waals surface area contributed by atoms with Crippen molar-refractivity contribution in [2.24, 2.45) is 0 Å². The van der Waals surface area contributed by atoms with Crippen molar-refractivity contribution in [3.05, 3.63) is 33.3 Å². The first-order valence-electron chi connectivity index (χ1n) is 5.57. The number of hydrogen-bond donors (Lipinski definition) is 2. The third-order valence-electron chi connectivity index (χ3n) is 2.98. The molecule has 0 radical (unpaired) electrons. The molecule has 0 spiro atoms. The molecule has 1 saturated heterocycles. The Morgan fingerprint density at radius 2 is 2.11 bits per heavy atom. The van der Waals surface area contributed by atoms with E-state index in [1.165, 1.54) is 6.07 Å². The third-order valence-corrected chi connectivity index (χ3v) is 3.91. The summed E-state index contributed by atoms with van der Waals surface area (Å²) < 4.78 is 0.535. The first-order chi connectivity index (χ1) is 8.90. The van der Waals surface area contributed by atoms with E-state index in [4.69, 9.17) is 16.7 Å². The zero-order chi connectivity index (χ0) is 14.2. The number of carbonyl (C=O) groups is 2. The van der Waals surface area contributed by atoms with Gasteiger partial charge in [-0.15, -0.1) is 0 Å². The van der Waals surface area contributed by atoms with Crippen LogP contribution in [0.15, 0.2) is 22.7 Å². The minimum atomic E-state index is -1.12. The van der Waals surface area contributed by atoms with Gasteiger partial charge in [-0.05, 0) is 34.1 Å². The predicted octanol–water partition coefficient (Wildman–Crippen LogP) is 1.76. The molecule has 1 unspecified atom stereocenters. The molecule has 1 heterocycles. The molecule has 19 heavy (non-hydrogen) atoms. The van der Waals surface area contributed by atoms with E-state index in [1.807, 2.05) is 0 Å². The average molecular weight is 349 g/mol. The van der Waals surface area contributed by atoms with E-state index in [9.17, 15) is 14.7 Å². The van der Waals surface area contributed by atoms with Gasteiger partial charge in [0.05, 0.1) is 11.7 Å². The third kappa shape index (κ3) is 2.91. The van der Waals surface area contributed by atoms with E-state index in [-0.39, 0.29) is 18.5 Å². The van der Waals surface area contributed by atoms with Gasteiger partial charge in [-0.3, -0.25) is 4.79 Å². The predicted molar refractivity (Wildman–Crippen MR) is 72.2 cm³/mol. The van der Waals surface area contributed by atoms with Crippen LogP contribution in [0.1, 0.15) is 16.8 Å². The fraction of sp³-hybridized carbons (Fsp3) is 0.333. The average Bonchev–Trinajstić information content (AvgIpc) is 2.74. The molecule has 0 saturated carbocycles. The van der Waals surface area contributed by atoms with Gasteiger partial charge in [-0.2, -0.15) is 0 Å². The largest absolute Gasteiger partial charge is 0.480 e. The maximum atomic E-state index is 12.3. The summed E-state index contributed by atoms with van der Waals surface area (Å²) >= 11 is 9.07. The number of benzene rings is 1. The molecule has 1 aromatic rings. The van der Waals surface area contributed by atoms with Crippen molar-refractivity contribution < 1.29 is 19.8 Å². The molecule has 0 bridgehead atoms. The first kappa shape index (κ1) is 14.3. The summed E-state index contributed by atoms with van der Waals surface area (Å²) in [4.78, 5) is 24.6. The van der Waals surface area contributed by atoms with Gasteiger partial charge in [-0.25, -0.2) is 4.79 Å². The fourth-order valence-corrected chi connectivity index (χ4v) is 2.68. The van der Waals surface area contributed by atoms with Crippen LogP contribution in [0.5, 0.6) is 0 Å². The number of carboxylic acids is 1. The number of likely N-dealkylation sites (tertiary alicyclic amines) is 1. The van der Waals surface area contributed by atoms with Crippen molar-refractivity contribution in [2.75, 3.05) is 6.54 Å². The maximum absolute atomic E-state index is 12.3. The lowest BCUT2D eigenvalue weighted by Crippen LogP contribution is -2.40. The molecule has 7 heteroatoms. The van der Waals surface area contributed by atoms with E-state index in [2.05, 4.69) is 15.9 Å². The number of β-amino-alcohol motifs (C(OH)–C–C–N with tert-alkyl or cyclic N) is 1. The summed E-state index contributed by atoms with van der Waals surface area (Å²) in [5.41, 5.74) is 0.285. The van der Waals surface area contributed by atoms with Crippen LogP contribution in [0.25, 0.3) is 0 Å². The van der Waals surface area contributed by atoms with E-state index in [0.29, 0.717) is 9.50 Å². The van der Waals surface area contributed by atoms with Crippen LogP contribution in [0.3, 0.4) is 0 Å². The minimum Gasteiger partial charge on any atom is -0.480 e. The number of nitrogens with zero attached hydrogens (tertiary/aromatic N) is 1. The number of carboxylic acid groups (broad SMARTS) is 1. The SMILES string of the molecule is O=C(O)[C@@H]1CC(O)CN1C(=O)c1cc(Cl)ccc1Br. The van der Waals surface area contributed by atoms with E-state index in [1.54, 1.807) is 12.1 Å². The molecule has 1 amide bonds. The van der Waals surface area contributed by atoms with Gasteiger partial charge in [0.25, 0.3) is 5.91 Å². The van der Waals surface area contributed by atoms with Crippen molar-refractivity contribution in [2.45, 2.75) is 18.6 Å². The summed E-state index contributed by atoms with van der Waals surface area (Å²) in [6, 6.07) is 3.71. The second-order valence-corrected chi connectivity index (χ2v) is 5.62. The Morgan fingerprint density at radius 1 is 1.42 bits per heavy atom. The molecular weight excluding hydrogens is 337 g/mol. The summed E-state index contributed by atoms with van der Waals surface area (Å²) in [6.45, 7) is 0.00868. The second kappa shape index (κ2) is 5.48. The molecule has 2 N–H and O–H groups in total. The highest BCUT2D eigenvalue weighted by molar-refractivity contribution is 9.10.